The molecule has 1 aliphatic heterocycles. The van der Waals surface area contributed by atoms with E-state index >= 15 is 0 Å². The first-order valence-corrected chi connectivity index (χ1v) is 5.13. The van der Waals surface area contributed by atoms with E-state index in [4.69, 9.17) is 39.5 Å². The number of hydrogen-bond donors (Lipinski definition) is 1. The number of alkyl halides is 3. The van der Waals surface area contributed by atoms with Crippen molar-refractivity contribution in [2.24, 2.45) is 0 Å². The minimum Gasteiger partial charge on any atom is -0.508 e. The Labute approximate surface area is 100 Å². The largest absolute Gasteiger partial charge is 0.508 e. The maximum absolute atomic E-state index is 11.4. The predicted molar refractivity (Wildman–Crippen MR) is 56.6 cm³/mol. The zero-order valence-electron chi connectivity index (χ0n) is 7.21. The van der Waals surface area contributed by atoms with Gasteiger partial charge in [0.2, 0.25) is 3.79 Å². The van der Waals surface area contributed by atoms with Crippen LogP contribution in [-0.4, -0.2) is 14.9 Å². The normalized spacial score (nSPS) is 19.9. The first-order chi connectivity index (χ1) is 6.89. The van der Waals surface area contributed by atoms with Gasteiger partial charge in [-0.2, -0.15) is 0 Å². The maximum Gasteiger partial charge on any atom is 0.339 e. The third kappa shape index (κ3) is 1.87. The third-order valence-corrected chi connectivity index (χ3v) is 2.66. The maximum atomic E-state index is 11.4. The van der Waals surface area contributed by atoms with Crippen LogP contribution in [-0.2, 0) is 4.74 Å². The Bertz CT molecular complexity index is 425. The molecular formula is C9H5Cl3O3. The molecule has 1 atom stereocenters. The van der Waals surface area contributed by atoms with Crippen LogP contribution in [0, 0.1) is 0 Å². The zero-order valence-corrected chi connectivity index (χ0v) is 9.47. The van der Waals surface area contributed by atoms with Crippen LogP contribution in [0.3, 0.4) is 0 Å². The lowest BCUT2D eigenvalue weighted by molar-refractivity contribution is 0.0393. The number of rotatable bonds is 0. The lowest BCUT2D eigenvalue weighted by Gasteiger charge is -2.18. The molecule has 0 aliphatic carbocycles. The molecule has 3 nitrogen and oxygen atoms in total. The number of ether oxygens (including phenoxy) is 1. The summed E-state index contributed by atoms with van der Waals surface area (Å²) in [7, 11) is 0. The molecule has 0 aromatic heterocycles. The number of phenolic OH excluding ortho intramolecular Hbond substituents is 1. The Hall–Kier alpha value is -0.640. The van der Waals surface area contributed by atoms with Crippen molar-refractivity contribution >= 4 is 40.8 Å². The molecule has 0 bridgehead atoms. The minimum atomic E-state index is -1.71. The fourth-order valence-corrected chi connectivity index (χ4v) is 1.91. The van der Waals surface area contributed by atoms with Gasteiger partial charge in [0.15, 0.2) is 6.10 Å². The summed E-state index contributed by atoms with van der Waals surface area (Å²) in [4.78, 5) is 11.4. The van der Waals surface area contributed by atoms with Crippen LogP contribution in [0.5, 0.6) is 5.75 Å². The Morgan fingerprint density at radius 2 is 2.00 bits per heavy atom. The fraction of sp³-hybridized carbons (Fsp3) is 0.222. The summed E-state index contributed by atoms with van der Waals surface area (Å²) < 4.78 is 3.19. The van der Waals surface area contributed by atoms with Gasteiger partial charge in [-0.1, -0.05) is 40.9 Å². The smallest absolute Gasteiger partial charge is 0.339 e. The van der Waals surface area contributed by atoms with Gasteiger partial charge in [0.1, 0.15) is 5.75 Å². The van der Waals surface area contributed by atoms with Crippen LogP contribution < -0.4 is 0 Å². The highest BCUT2D eigenvalue weighted by molar-refractivity contribution is 6.68. The lowest BCUT2D eigenvalue weighted by atomic mass is 10.1. The second kappa shape index (κ2) is 3.44. The second-order valence-corrected chi connectivity index (χ2v) is 5.47. The van der Waals surface area contributed by atoms with Gasteiger partial charge in [-0.25, -0.2) is 4.79 Å². The van der Waals surface area contributed by atoms with Crippen molar-refractivity contribution in [1.82, 2.24) is 0 Å². The van der Waals surface area contributed by atoms with E-state index < -0.39 is 15.9 Å². The Balaban J connectivity index is 2.52. The van der Waals surface area contributed by atoms with E-state index in [1.807, 2.05) is 0 Å². The van der Waals surface area contributed by atoms with Gasteiger partial charge in [-0.05, 0) is 12.1 Å². The van der Waals surface area contributed by atoms with E-state index in [-0.39, 0.29) is 11.3 Å². The number of hydrogen-bond acceptors (Lipinski definition) is 3. The predicted octanol–water partition coefficient (Wildman–Crippen LogP) is 2.97. The molecular weight excluding hydrogens is 262 g/mol. The second-order valence-electron chi connectivity index (χ2n) is 3.10. The number of phenols is 1. The zero-order chi connectivity index (χ0) is 11.2. The molecule has 1 aliphatic rings. The molecule has 0 spiro atoms. The van der Waals surface area contributed by atoms with Gasteiger partial charge in [0, 0.05) is 5.56 Å². The van der Waals surface area contributed by atoms with E-state index in [1.54, 1.807) is 0 Å². The monoisotopic (exact) mass is 266 g/mol. The number of aromatic hydroxyl groups is 1. The van der Waals surface area contributed by atoms with Crippen LogP contribution >= 0.6 is 34.8 Å². The molecule has 0 saturated heterocycles. The van der Waals surface area contributed by atoms with Gasteiger partial charge in [-0.15, -0.1) is 0 Å². The van der Waals surface area contributed by atoms with Crippen molar-refractivity contribution in [3.8, 4) is 5.75 Å². The van der Waals surface area contributed by atoms with E-state index in [9.17, 15) is 9.90 Å². The number of carbonyl (C=O) groups is 1. The topological polar surface area (TPSA) is 46.5 Å². The first-order valence-electron chi connectivity index (χ1n) is 4.00. The van der Waals surface area contributed by atoms with Crippen molar-refractivity contribution in [2.75, 3.05) is 0 Å². The summed E-state index contributed by atoms with van der Waals surface area (Å²) in [5.74, 6) is -0.632. The van der Waals surface area contributed by atoms with Crippen molar-refractivity contribution in [2.45, 2.75) is 9.90 Å². The number of esters is 1. The Kier molecular flexibility index (Phi) is 2.49. The average Bonchev–Trinajstić information content (AvgIpc) is 2.43. The number of halogens is 3. The number of carbonyl (C=O) groups excluding carboxylic acids is 1. The summed E-state index contributed by atoms with van der Waals surface area (Å²) in [6, 6.07) is 4.19. The number of fused-ring (bicyclic) bond motifs is 1. The van der Waals surface area contributed by atoms with Gasteiger partial charge in [0.25, 0.3) is 0 Å². The van der Waals surface area contributed by atoms with Gasteiger partial charge < -0.3 is 9.84 Å². The molecule has 0 saturated carbocycles. The third-order valence-electron chi connectivity index (χ3n) is 2.06. The van der Waals surface area contributed by atoms with E-state index in [0.717, 1.165) is 0 Å². The molecule has 1 N–H and O–H groups in total. The molecule has 0 fully saturated rings. The lowest BCUT2D eigenvalue weighted by Crippen LogP contribution is -2.16. The molecule has 1 aromatic rings. The van der Waals surface area contributed by atoms with Crippen molar-refractivity contribution < 1.29 is 14.6 Å². The first kappa shape index (κ1) is 10.9. The SMILES string of the molecule is O=C1OC(C(Cl)(Cl)Cl)c2ccc(O)cc21. The fourth-order valence-electron chi connectivity index (χ4n) is 1.43. The van der Waals surface area contributed by atoms with Gasteiger partial charge in [0.05, 0.1) is 5.56 Å². The molecule has 1 heterocycles. The van der Waals surface area contributed by atoms with Crippen molar-refractivity contribution in [3.05, 3.63) is 29.3 Å². The summed E-state index contributed by atoms with van der Waals surface area (Å²) in [5.41, 5.74) is 0.698. The Morgan fingerprint density at radius 3 is 2.60 bits per heavy atom. The molecule has 6 heteroatoms. The summed E-state index contributed by atoms with van der Waals surface area (Å²) in [6.45, 7) is 0. The quantitative estimate of drug-likeness (QED) is 0.580. The molecule has 2 rings (SSSR count). The highest BCUT2D eigenvalue weighted by Gasteiger charge is 2.44. The van der Waals surface area contributed by atoms with Gasteiger partial charge in [-0.3, -0.25) is 0 Å². The molecule has 1 unspecified atom stereocenters. The van der Waals surface area contributed by atoms with E-state index in [1.165, 1.54) is 18.2 Å². The van der Waals surface area contributed by atoms with Crippen LogP contribution in [0.15, 0.2) is 18.2 Å². The summed E-state index contributed by atoms with van der Waals surface area (Å²) >= 11 is 17.0. The highest BCUT2D eigenvalue weighted by atomic mass is 35.6. The minimum absolute atomic E-state index is 0.0318. The molecule has 1 aromatic carbocycles. The molecule has 0 amide bonds. The Morgan fingerprint density at radius 1 is 1.33 bits per heavy atom. The summed E-state index contributed by atoms with van der Waals surface area (Å²) in [5, 5.41) is 9.20. The number of benzene rings is 1. The highest BCUT2D eigenvalue weighted by Crippen LogP contribution is 2.47. The van der Waals surface area contributed by atoms with Crippen molar-refractivity contribution in [1.29, 1.82) is 0 Å². The van der Waals surface area contributed by atoms with E-state index in [2.05, 4.69) is 0 Å². The number of cyclic esters (lactones) is 1. The molecule has 80 valence electrons. The molecule has 15 heavy (non-hydrogen) atoms. The standard InChI is InChI=1S/C9H5Cl3O3/c10-9(11,12)7-5-2-1-4(13)3-6(5)8(14)15-7/h1-3,7,13H. The van der Waals surface area contributed by atoms with Crippen LogP contribution in [0.4, 0.5) is 0 Å². The van der Waals surface area contributed by atoms with E-state index in [0.29, 0.717) is 5.56 Å². The van der Waals surface area contributed by atoms with Gasteiger partial charge >= 0.3 is 5.97 Å². The molecule has 0 radical (unpaired) electrons. The van der Waals surface area contributed by atoms with Crippen LogP contribution in [0.25, 0.3) is 0 Å². The van der Waals surface area contributed by atoms with Crippen molar-refractivity contribution in [3.63, 3.8) is 0 Å². The average molecular weight is 267 g/mol. The summed E-state index contributed by atoms with van der Waals surface area (Å²) in [6.07, 6.45) is -0.925. The van der Waals surface area contributed by atoms with Crippen LogP contribution in [0.1, 0.15) is 22.0 Å². The van der Waals surface area contributed by atoms with Crippen LogP contribution in [0.2, 0.25) is 0 Å².